The summed E-state index contributed by atoms with van der Waals surface area (Å²) >= 11 is 0. The summed E-state index contributed by atoms with van der Waals surface area (Å²) in [5.41, 5.74) is -4.39. The molecule has 0 aliphatic carbocycles. The molecule has 0 bridgehead atoms. The van der Waals surface area contributed by atoms with Crippen LogP contribution in [-0.4, -0.2) is 75.7 Å². The van der Waals surface area contributed by atoms with Crippen LogP contribution in [0.3, 0.4) is 0 Å². The lowest BCUT2D eigenvalue weighted by molar-refractivity contribution is -0.130. The van der Waals surface area contributed by atoms with E-state index in [1.807, 2.05) is 0 Å². The Hall–Kier alpha value is -3.10. The first-order chi connectivity index (χ1) is 35.6. The van der Waals surface area contributed by atoms with E-state index in [2.05, 4.69) is 0 Å². The zero-order chi connectivity index (χ0) is 63.8. The maximum atomic E-state index is 14.0. The molecule has 0 spiro atoms. The van der Waals surface area contributed by atoms with Gasteiger partial charge in [0, 0.05) is 92.8 Å². The first-order valence-corrected chi connectivity index (χ1v) is 14.1. The van der Waals surface area contributed by atoms with Gasteiger partial charge in [-0.25, -0.2) is 0 Å². The highest BCUT2D eigenvalue weighted by atomic mass is 16.5. The number of fused-ring (bicyclic) bond motifs is 6. The van der Waals surface area contributed by atoms with Gasteiger partial charge in [0.1, 0.15) is 11.6 Å². The molecular weight excluding hydrogens is 592 g/mol. The highest BCUT2D eigenvalue weighted by molar-refractivity contribution is 5.83. The summed E-state index contributed by atoms with van der Waals surface area (Å²) in [4.78, 5) is 27.7. The average Bonchev–Trinajstić information content (AvgIpc) is 3.26. The topological polar surface area (TPSA) is 77.5 Å². The minimum absolute atomic E-state index is 0.138. The van der Waals surface area contributed by atoms with Crippen molar-refractivity contribution in [2.45, 2.75) is 84.3 Å². The molecule has 8 heteroatoms. The van der Waals surface area contributed by atoms with E-state index in [1.165, 1.54) is 0 Å². The standard InChI is InChI=1S/C20H29NO3.C19H27NO3/c1-5-13(2)8-15-12-21-7-6-14-9-19(23-3)20(24-4)10-16(14)17(21)11-18(15)22;1-12(2)7-14-11-20-6-5-13-8-18(22-3)19(23-4)9-15(13)16(20)10-17(14)21/h9-10,13,15,17H,5-8,11-12H2,1-4H3;8-9,12,14,16H,5-7,10-11H2,1-4H3/i2D3,3D3,5D2,6D2,7D2,8D2,9D,10D,11D2,13D,15D,17D;3D3,5D2,6D2,8D,9D,10D2,14D,16D. The SMILES string of the molecule is [2H]c1c(OC([2H])([2H])[2H])c(OC)c([2H])c2c1C([2H])([2H])C([2H])([2H])N1CC([2H])(C([2H])([2H])C([2H])(C([2H])([2H])[2H])C([2H])([2H])C)C(=O)C([2H])([2H])C21[2H].[2H]c1c(OC([2H])([2H])[2H])c(OC)c([2H])c2c1C([2H])([2H])C([2H])([2H])N1CC([2H])(CC(C)C)C(=O)C([2H])([2H])C21[2H]. The van der Waals surface area contributed by atoms with Crippen molar-refractivity contribution in [2.24, 2.45) is 23.6 Å². The molecule has 0 amide bonds. The van der Waals surface area contributed by atoms with Crippen molar-refractivity contribution in [2.75, 3.05) is 54.4 Å². The smallest absolute Gasteiger partial charge is 0.161 e. The number of carbonyl (C=O) groups is 2. The van der Waals surface area contributed by atoms with Crippen LogP contribution in [0.5, 0.6) is 23.0 Å². The van der Waals surface area contributed by atoms with E-state index in [1.54, 1.807) is 13.8 Å². The lowest BCUT2D eigenvalue weighted by Crippen LogP contribution is -2.46. The maximum Gasteiger partial charge on any atom is 0.161 e. The van der Waals surface area contributed by atoms with Gasteiger partial charge in [-0.1, -0.05) is 34.0 Å². The van der Waals surface area contributed by atoms with Crippen molar-refractivity contribution in [3.8, 4) is 23.0 Å². The van der Waals surface area contributed by atoms with Crippen molar-refractivity contribution in [1.82, 2.24) is 9.80 Å². The number of Topliss-reactive ketones (excluding diaryl/α,β-unsaturated/α-hetero) is 2. The Labute approximate surface area is 329 Å². The van der Waals surface area contributed by atoms with E-state index < -0.39 is 196 Å². The van der Waals surface area contributed by atoms with Crippen LogP contribution < -0.4 is 18.9 Å². The Bertz CT molecular complexity index is 2880. The van der Waals surface area contributed by atoms with Crippen LogP contribution in [0.15, 0.2) is 24.2 Å². The Morgan fingerprint density at radius 2 is 1.36 bits per heavy atom. The van der Waals surface area contributed by atoms with Crippen LogP contribution in [0.2, 0.25) is 0 Å². The molecule has 0 radical (unpaired) electrons. The number of rotatable bonds is 9. The Kier molecular flexibility index (Phi) is 3.95. The molecule has 0 aromatic heterocycles. The first-order valence-electron chi connectivity index (χ1n) is 31.1. The summed E-state index contributed by atoms with van der Waals surface area (Å²) in [5, 5.41) is 0. The fourth-order valence-electron chi connectivity index (χ4n) is 4.86. The minimum atomic E-state index is -4.21. The van der Waals surface area contributed by atoms with Gasteiger partial charge in [0.2, 0.25) is 0 Å². The van der Waals surface area contributed by atoms with E-state index >= 15 is 0 Å². The zero-order valence-electron chi connectivity index (χ0n) is 60.0. The Morgan fingerprint density at radius 3 is 1.81 bits per heavy atom. The molecule has 2 aromatic carbocycles. The van der Waals surface area contributed by atoms with Crippen molar-refractivity contribution in [3.05, 3.63) is 46.4 Å². The molecule has 258 valence electrons. The van der Waals surface area contributed by atoms with Gasteiger partial charge >= 0.3 is 0 Å². The summed E-state index contributed by atoms with van der Waals surface area (Å²) in [6.45, 7) is -9.90. The molecule has 8 nitrogen and oxygen atoms in total. The molecule has 2 fully saturated rings. The quantitative estimate of drug-likeness (QED) is 0.284. The number of nitrogens with zero attached hydrogens (tertiary/aromatic N) is 2. The third-order valence-electron chi connectivity index (χ3n) is 7.03. The molecule has 4 aliphatic rings. The largest absolute Gasteiger partial charge is 0.493 e. The highest BCUT2D eigenvalue weighted by Crippen LogP contribution is 2.44. The number of benzene rings is 2. The molecule has 47 heavy (non-hydrogen) atoms. The lowest BCUT2D eigenvalue weighted by atomic mass is 9.79. The lowest BCUT2D eigenvalue weighted by Gasteiger charge is -2.43. The molecule has 2 aromatic rings. The molecule has 0 saturated carbocycles. The van der Waals surface area contributed by atoms with Gasteiger partial charge in [0.25, 0.3) is 0 Å². The third kappa shape index (κ3) is 7.64. The predicted molar refractivity (Wildman–Crippen MR) is 185 cm³/mol. The van der Waals surface area contributed by atoms with Crippen molar-refractivity contribution in [3.63, 3.8) is 0 Å². The van der Waals surface area contributed by atoms with E-state index in [9.17, 15) is 12.3 Å². The van der Waals surface area contributed by atoms with Gasteiger partial charge in [-0.3, -0.25) is 19.4 Å². The second kappa shape index (κ2) is 15.4. The first kappa shape index (κ1) is 12.0. The van der Waals surface area contributed by atoms with E-state index in [-0.39, 0.29) is 17.2 Å². The number of hydrogen-bond donors (Lipinski definition) is 0. The number of carbonyl (C=O) groups excluding carboxylic acids is 2. The van der Waals surface area contributed by atoms with Crippen LogP contribution in [0.25, 0.3) is 0 Å². The maximum absolute atomic E-state index is 14.0. The van der Waals surface area contributed by atoms with Gasteiger partial charge in [-0.05, 0) is 83.8 Å². The number of piperidine rings is 2. The average molecular weight is 683 g/mol. The van der Waals surface area contributed by atoms with Crippen molar-refractivity contribution in [1.29, 1.82) is 0 Å². The summed E-state index contributed by atoms with van der Waals surface area (Å²) in [6, 6.07) is -11.2. The van der Waals surface area contributed by atoms with Gasteiger partial charge in [-0.2, -0.15) is 0 Å². The highest BCUT2D eigenvalue weighted by Gasteiger charge is 2.40. The van der Waals surface area contributed by atoms with Gasteiger partial charge in [0.05, 0.1) is 44.7 Å². The van der Waals surface area contributed by atoms with Gasteiger partial charge in [0.15, 0.2) is 23.0 Å². The summed E-state index contributed by atoms with van der Waals surface area (Å²) in [5.74, 6) is -17.7. The fourth-order valence-corrected chi connectivity index (χ4v) is 4.86. The molecule has 6 rings (SSSR count). The van der Waals surface area contributed by atoms with E-state index in [4.69, 9.17) is 62.8 Å². The van der Waals surface area contributed by atoms with Gasteiger partial charge in [-0.15, -0.1) is 0 Å². The predicted octanol–water partition coefficient (Wildman–Crippen LogP) is 6.87. The minimum Gasteiger partial charge on any atom is -0.493 e. The van der Waals surface area contributed by atoms with Crippen molar-refractivity contribution >= 4 is 11.6 Å². The van der Waals surface area contributed by atoms with Crippen molar-refractivity contribution < 1.29 is 75.1 Å². The third-order valence-corrected chi connectivity index (χ3v) is 7.03. The number of methoxy groups -OCH3 is 4. The number of hydrogen-bond acceptors (Lipinski definition) is 8. The Balaban J connectivity index is 0.000000305. The molecule has 5 unspecified atom stereocenters. The van der Waals surface area contributed by atoms with E-state index in [0.717, 1.165) is 14.2 Å². The summed E-state index contributed by atoms with van der Waals surface area (Å²) < 4.78 is 304. The van der Waals surface area contributed by atoms with Gasteiger partial charge < -0.3 is 18.9 Å². The van der Waals surface area contributed by atoms with Crippen LogP contribution >= 0.6 is 0 Å². The van der Waals surface area contributed by atoms with Crippen LogP contribution in [0.1, 0.15) is 140 Å². The number of ketones is 2. The molecule has 4 aliphatic heterocycles. The Morgan fingerprint density at radius 1 is 0.872 bits per heavy atom. The molecule has 5 atom stereocenters. The molecular formula is C39H56N2O6. The number of ether oxygens (including phenoxy) is 4. The summed E-state index contributed by atoms with van der Waals surface area (Å²) in [7, 11) is -4.67. The second-order valence-corrected chi connectivity index (χ2v) is 10.6. The molecule has 4 heterocycles. The second-order valence-electron chi connectivity index (χ2n) is 10.6. The van der Waals surface area contributed by atoms with Crippen LogP contribution in [0, 0.1) is 23.6 Å². The molecule has 2 saturated heterocycles. The fraction of sp³-hybridized carbons (Fsp3) is 0.641. The zero-order valence-corrected chi connectivity index (χ0v) is 26.0. The monoisotopic (exact) mass is 683 g/mol. The summed E-state index contributed by atoms with van der Waals surface area (Å²) in [6.07, 6.45) is -22.1. The van der Waals surface area contributed by atoms with Crippen LogP contribution in [-0.2, 0) is 22.3 Å². The van der Waals surface area contributed by atoms with Crippen LogP contribution in [0.4, 0.5) is 0 Å². The van der Waals surface area contributed by atoms with E-state index in [0.29, 0.717) is 11.8 Å². The normalized spacial score (nSPS) is 50.0. The molecule has 0 N–H and O–H groups in total.